The molecule has 0 aromatic heterocycles. The van der Waals surface area contributed by atoms with Gasteiger partial charge in [0, 0.05) is 12.5 Å². The molecule has 36 heavy (non-hydrogen) atoms. The topological polar surface area (TPSA) is 66.8 Å². The smallest absolute Gasteiger partial charge is 0.311 e. The lowest BCUT2D eigenvalue weighted by atomic mass is 10.1. The summed E-state index contributed by atoms with van der Waals surface area (Å²) in [5.74, 6) is 0.386. The Balaban J connectivity index is 1.50. The standard InChI is InChI=1S/C32H44O4/c1-2-3-4-5-6-7-8-9-10-11-12-13-14-15-16-17-32(35)36-31-22-20-27(21-23-31)18-19-28-24-29(33)26-30(34)25-28/h9-10,18-26,33-34H,2-8,11-17H2,1H3/b10-9-,19-18?. The third-order valence-electron chi connectivity index (χ3n) is 6.15. The molecular weight excluding hydrogens is 448 g/mol. The first kappa shape index (κ1) is 29.2. The number of unbranched alkanes of at least 4 members (excludes halogenated alkanes) is 11. The fraction of sp³-hybridized carbons (Fsp3) is 0.469. The molecule has 0 amide bonds. The van der Waals surface area contributed by atoms with Crippen LogP contribution in [0.4, 0.5) is 0 Å². The summed E-state index contributed by atoms with van der Waals surface area (Å²) in [5, 5.41) is 19.1. The second kappa shape index (κ2) is 18.3. The molecule has 0 fully saturated rings. The van der Waals surface area contributed by atoms with Crippen LogP contribution in [0.15, 0.2) is 54.6 Å². The van der Waals surface area contributed by atoms with Crippen molar-refractivity contribution in [3.05, 3.63) is 65.7 Å². The van der Waals surface area contributed by atoms with E-state index in [4.69, 9.17) is 4.74 Å². The Morgan fingerprint density at radius 1 is 0.694 bits per heavy atom. The normalized spacial score (nSPS) is 11.5. The summed E-state index contributed by atoms with van der Waals surface area (Å²) in [7, 11) is 0. The number of carbonyl (C=O) groups excluding carboxylic acids is 1. The Morgan fingerprint density at radius 2 is 1.22 bits per heavy atom. The quantitative estimate of drug-likeness (QED) is 0.0715. The maximum Gasteiger partial charge on any atom is 0.311 e. The molecule has 4 heteroatoms. The van der Waals surface area contributed by atoms with Crippen LogP contribution in [0.5, 0.6) is 17.2 Å². The summed E-state index contributed by atoms with van der Waals surface area (Å²) in [5.41, 5.74) is 1.62. The fourth-order valence-electron chi connectivity index (χ4n) is 4.08. The van der Waals surface area contributed by atoms with E-state index in [1.807, 2.05) is 18.2 Å². The summed E-state index contributed by atoms with van der Waals surface area (Å²) in [6.45, 7) is 2.26. The molecule has 2 N–H and O–H groups in total. The Labute approximate surface area is 217 Å². The molecule has 0 aliphatic carbocycles. The SMILES string of the molecule is CCCCCCCC/C=C\CCCCCCCC(=O)Oc1ccc(C=Cc2cc(O)cc(O)c2)cc1. The molecule has 2 aromatic rings. The molecule has 2 aromatic carbocycles. The largest absolute Gasteiger partial charge is 0.508 e. The van der Waals surface area contributed by atoms with Crippen LogP contribution in [-0.4, -0.2) is 16.2 Å². The van der Waals surface area contributed by atoms with Crippen molar-refractivity contribution >= 4 is 18.1 Å². The maximum atomic E-state index is 12.1. The molecule has 0 saturated heterocycles. The molecule has 0 aliphatic heterocycles. The van der Waals surface area contributed by atoms with Crippen molar-refractivity contribution in [1.29, 1.82) is 0 Å². The third-order valence-corrected chi connectivity index (χ3v) is 6.15. The van der Waals surface area contributed by atoms with Crippen molar-refractivity contribution in [2.24, 2.45) is 0 Å². The molecular formula is C32H44O4. The number of allylic oxidation sites excluding steroid dienone is 2. The number of carbonyl (C=O) groups is 1. The van der Waals surface area contributed by atoms with Crippen LogP contribution >= 0.6 is 0 Å². The van der Waals surface area contributed by atoms with E-state index in [-0.39, 0.29) is 17.5 Å². The van der Waals surface area contributed by atoms with E-state index in [1.165, 1.54) is 70.3 Å². The highest BCUT2D eigenvalue weighted by molar-refractivity contribution is 5.73. The zero-order valence-electron chi connectivity index (χ0n) is 22.0. The van der Waals surface area contributed by atoms with Crippen LogP contribution < -0.4 is 4.74 Å². The number of hydrogen-bond acceptors (Lipinski definition) is 4. The van der Waals surface area contributed by atoms with Gasteiger partial charge in [-0.05, 0) is 67.5 Å². The molecule has 4 nitrogen and oxygen atoms in total. The average molecular weight is 493 g/mol. The Morgan fingerprint density at radius 3 is 1.83 bits per heavy atom. The Kier molecular flexibility index (Phi) is 14.8. The molecule has 2 rings (SSSR count). The lowest BCUT2D eigenvalue weighted by molar-refractivity contribution is -0.134. The van der Waals surface area contributed by atoms with Gasteiger partial charge in [0.05, 0.1) is 0 Å². The number of phenols is 2. The lowest BCUT2D eigenvalue weighted by Gasteiger charge is -2.05. The summed E-state index contributed by atoms with van der Waals surface area (Å²) in [6.07, 6.45) is 24.9. The van der Waals surface area contributed by atoms with Gasteiger partial charge >= 0.3 is 5.97 Å². The summed E-state index contributed by atoms with van der Waals surface area (Å²) in [4.78, 5) is 12.1. The first-order valence-electron chi connectivity index (χ1n) is 13.7. The number of ether oxygens (including phenoxy) is 1. The fourth-order valence-corrected chi connectivity index (χ4v) is 4.08. The number of esters is 1. The average Bonchev–Trinajstić information content (AvgIpc) is 2.85. The molecule has 0 saturated carbocycles. The minimum absolute atomic E-state index is 0.0168. The summed E-state index contributed by atoms with van der Waals surface area (Å²) in [6, 6.07) is 11.7. The van der Waals surface area contributed by atoms with E-state index < -0.39 is 0 Å². The first-order valence-corrected chi connectivity index (χ1v) is 13.7. The van der Waals surface area contributed by atoms with Crippen LogP contribution in [0.2, 0.25) is 0 Å². The zero-order valence-corrected chi connectivity index (χ0v) is 22.0. The number of hydrogen-bond donors (Lipinski definition) is 2. The van der Waals surface area contributed by atoms with Crippen molar-refractivity contribution in [2.45, 2.75) is 96.8 Å². The second-order valence-corrected chi connectivity index (χ2v) is 9.49. The van der Waals surface area contributed by atoms with E-state index in [9.17, 15) is 15.0 Å². The molecule has 0 heterocycles. The number of rotatable bonds is 18. The lowest BCUT2D eigenvalue weighted by Crippen LogP contribution is -2.07. The molecule has 0 radical (unpaired) electrons. The third kappa shape index (κ3) is 13.8. The van der Waals surface area contributed by atoms with Crippen molar-refractivity contribution in [3.63, 3.8) is 0 Å². The van der Waals surface area contributed by atoms with Gasteiger partial charge in [0.15, 0.2) is 0 Å². The van der Waals surface area contributed by atoms with Crippen molar-refractivity contribution in [3.8, 4) is 17.2 Å². The minimum Gasteiger partial charge on any atom is -0.508 e. The van der Waals surface area contributed by atoms with E-state index >= 15 is 0 Å². The van der Waals surface area contributed by atoms with E-state index in [2.05, 4.69) is 19.1 Å². The van der Waals surface area contributed by atoms with Crippen LogP contribution in [0.3, 0.4) is 0 Å². The second-order valence-electron chi connectivity index (χ2n) is 9.49. The molecule has 0 aliphatic rings. The van der Waals surface area contributed by atoms with Gasteiger partial charge in [0.25, 0.3) is 0 Å². The van der Waals surface area contributed by atoms with Crippen molar-refractivity contribution < 1.29 is 19.7 Å². The van der Waals surface area contributed by atoms with Gasteiger partial charge in [-0.25, -0.2) is 0 Å². The maximum absolute atomic E-state index is 12.1. The molecule has 0 bridgehead atoms. The summed E-state index contributed by atoms with van der Waals surface area (Å²) >= 11 is 0. The molecule has 0 atom stereocenters. The highest BCUT2D eigenvalue weighted by Crippen LogP contribution is 2.22. The highest BCUT2D eigenvalue weighted by atomic mass is 16.5. The Hall–Kier alpha value is -3.01. The van der Waals surface area contributed by atoms with Crippen molar-refractivity contribution in [2.75, 3.05) is 0 Å². The van der Waals surface area contributed by atoms with Crippen molar-refractivity contribution in [1.82, 2.24) is 0 Å². The Bertz CT molecular complexity index is 907. The van der Waals surface area contributed by atoms with Crippen LogP contribution in [0.25, 0.3) is 12.2 Å². The van der Waals surface area contributed by atoms with Gasteiger partial charge in [-0.3, -0.25) is 4.79 Å². The minimum atomic E-state index is -0.189. The van der Waals surface area contributed by atoms with Gasteiger partial charge in [0.1, 0.15) is 17.2 Å². The number of phenolic OH excluding ortho intramolecular Hbond substituents is 2. The van der Waals surface area contributed by atoms with Gasteiger partial charge in [0.2, 0.25) is 0 Å². The van der Waals surface area contributed by atoms with Crippen LogP contribution in [0, 0.1) is 0 Å². The van der Waals surface area contributed by atoms with Gasteiger partial charge in [-0.2, -0.15) is 0 Å². The highest BCUT2D eigenvalue weighted by Gasteiger charge is 2.05. The predicted molar refractivity (Wildman–Crippen MR) is 150 cm³/mol. The molecule has 196 valence electrons. The van der Waals surface area contributed by atoms with Crippen LogP contribution in [-0.2, 0) is 4.79 Å². The molecule has 0 spiro atoms. The van der Waals surface area contributed by atoms with Gasteiger partial charge in [-0.1, -0.05) is 94.7 Å². The molecule has 0 unspecified atom stereocenters. The van der Waals surface area contributed by atoms with E-state index in [0.717, 1.165) is 24.8 Å². The summed E-state index contributed by atoms with van der Waals surface area (Å²) < 4.78 is 5.44. The number of benzene rings is 2. The predicted octanol–water partition coefficient (Wildman–Crippen LogP) is 9.21. The zero-order chi connectivity index (χ0) is 25.8. The van der Waals surface area contributed by atoms with Gasteiger partial charge < -0.3 is 14.9 Å². The van der Waals surface area contributed by atoms with E-state index in [0.29, 0.717) is 17.7 Å². The van der Waals surface area contributed by atoms with Gasteiger partial charge in [-0.15, -0.1) is 0 Å². The van der Waals surface area contributed by atoms with Crippen LogP contribution in [0.1, 0.15) is 108 Å². The monoisotopic (exact) mass is 492 g/mol. The number of aromatic hydroxyl groups is 2. The van der Waals surface area contributed by atoms with E-state index in [1.54, 1.807) is 30.3 Å². The first-order chi connectivity index (χ1) is 17.6.